The van der Waals surface area contributed by atoms with E-state index in [2.05, 4.69) is 10.0 Å². The Morgan fingerprint density at radius 1 is 1.22 bits per heavy atom. The van der Waals surface area contributed by atoms with Crippen LogP contribution in [0.3, 0.4) is 0 Å². The van der Waals surface area contributed by atoms with Crippen molar-refractivity contribution in [2.24, 2.45) is 0 Å². The summed E-state index contributed by atoms with van der Waals surface area (Å²) in [5.74, 6) is 0. The lowest BCUT2D eigenvalue weighted by molar-refractivity contribution is 0.362. The fraction of sp³-hybridized carbons (Fsp3) is 0.500. The summed E-state index contributed by atoms with van der Waals surface area (Å²) in [6.45, 7) is 6.32. The first-order valence-corrected chi connectivity index (χ1v) is 7.49. The van der Waals surface area contributed by atoms with E-state index in [1.807, 2.05) is 26.0 Å². The third-order valence-electron chi connectivity index (χ3n) is 3.26. The van der Waals surface area contributed by atoms with Crippen molar-refractivity contribution in [1.82, 2.24) is 9.62 Å². The molecule has 0 spiro atoms. The zero-order valence-corrected chi connectivity index (χ0v) is 11.5. The molecule has 100 valence electrons. The Kier molecular flexibility index (Phi) is 3.89. The zero-order chi connectivity index (χ0) is 13.2. The second-order valence-electron chi connectivity index (χ2n) is 4.50. The number of aryl methyl sites for hydroxylation is 1. The van der Waals surface area contributed by atoms with E-state index in [4.69, 9.17) is 0 Å². The van der Waals surface area contributed by atoms with Crippen LogP contribution in [-0.2, 0) is 10.2 Å². The van der Waals surface area contributed by atoms with Gasteiger partial charge in [-0.1, -0.05) is 12.1 Å². The van der Waals surface area contributed by atoms with Gasteiger partial charge in [0, 0.05) is 26.2 Å². The fourth-order valence-electron chi connectivity index (χ4n) is 1.95. The number of anilines is 1. The molecule has 0 bridgehead atoms. The second-order valence-corrected chi connectivity index (χ2v) is 6.17. The van der Waals surface area contributed by atoms with Crippen molar-refractivity contribution in [3.63, 3.8) is 0 Å². The van der Waals surface area contributed by atoms with Crippen LogP contribution in [-0.4, -0.2) is 38.9 Å². The largest absolute Gasteiger partial charge is 0.314 e. The molecule has 1 aromatic rings. The van der Waals surface area contributed by atoms with Gasteiger partial charge in [0.25, 0.3) is 0 Å². The van der Waals surface area contributed by atoms with Gasteiger partial charge < -0.3 is 5.32 Å². The topological polar surface area (TPSA) is 61.4 Å². The third-order valence-corrected chi connectivity index (χ3v) is 4.78. The molecule has 1 aliphatic rings. The normalized spacial score (nSPS) is 17.7. The van der Waals surface area contributed by atoms with Gasteiger partial charge in [-0.05, 0) is 31.0 Å². The molecule has 1 aromatic carbocycles. The first-order chi connectivity index (χ1) is 8.50. The van der Waals surface area contributed by atoms with Gasteiger partial charge >= 0.3 is 10.2 Å². The Morgan fingerprint density at radius 3 is 2.56 bits per heavy atom. The molecule has 1 heterocycles. The standard InChI is InChI=1S/C12H19N3O2S/c1-10-4-3-5-12(11(10)2)14-18(16,17)15-8-6-13-7-9-15/h3-5,13-14H,6-9H2,1-2H3. The molecule has 18 heavy (non-hydrogen) atoms. The Hall–Kier alpha value is -1.11. The average molecular weight is 269 g/mol. The highest BCUT2D eigenvalue weighted by atomic mass is 32.2. The quantitative estimate of drug-likeness (QED) is 0.856. The Balaban J connectivity index is 2.19. The second kappa shape index (κ2) is 5.26. The van der Waals surface area contributed by atoms with Crippen LogP contribution in [0.4, 0.5) is 5.69 Å². The van der Waals surface area contributed by atoms with E-state index in [0.717, 1.165) is 11.1 Å². The van der Waals surface area contributed by atoms with Crippen molar-refractivity contribution in [1.29, 1.82) is 0 Å². The summed E-state index contributed by atoms with van der Waals surface area (Å²) in [5.41, 5.74) is 2.71. The van der Waals surface area contributed by atoms with E-state index in [1.54, 1.807) is 6.07 Å². The highest BCUT2D eigenvalue weighted by Gasteiger charge is 2.23. The first-order valence-electron chi connectivity index (χ1n) is 6.05. The van der Waals surface area contributed by atoms with Gasteiger partial charge in [0.2, 0.25) is 0 Å². The third kappa shape index (κ3) is 2.82. The van der Waals surface area contributed by atoms with E-state index in [0.29, 0.717) is 31.9 Å². The number of hydrogen-bond donors (Lipinski definition) is 2. The maximum absolute atomic E-state index is 12.2. The summed E-state index contributed by atoms with van der Waals surface area (Å²) >= 11 is 0. The predicted molar refractivity (Wildman–Crippen MR) is 72.9 cm³/mol. The molecule has 0 aromatic heterocycles. The number of nitrogens with zero attached hydrogens (tertiary/aromatic N) is 1. The van der Waals surface area contributed by atoms with Gasteiger partial charge in [0.05, 0.1) is 5.69 Å². The van der Waals surface area contributed by atoms with Crippen LogP contribution in [0.5, 0.6) is 0 Å². The van der Waals surface area contributed by atoms with Crippen molar-refractivity contribution in [2.45, 2.75) is 13.8 Å². The Morgan fingerprint density at radius 2 is 1.89 bits per heavy atom. The number of benzene rings is 1. The van der Waals surface area contributed by atoms with Crippen molar-refractivity contribution in [3.05, 3.63) is 29.3 Å². The minimum Gasteiger partial charge on any atom is -0.314 e. The van der Waals surface area contributed by atoms with E-state index in [1.165, 1.54) is 4.31 Å². The van der Waals surface area contributed by atoms with Gasteiger partial charge in [-0.3, -0.25) is 4.72 Å². The zero-order valence-electron chi connectivity index (χ0n) is 10.7. The molecule has 1 fully saturated rings. The predicted octanol–water partition coefficient (Wildman–Crippen LogP) is 0.865. The van der Waals surface area contributed by atoms with Gasteiger partial charge in [-0.25, -0.2) is 0 Å². The van der Waals surface area contributed by atoms with E-state index < -0.39 is 10.2 Å². The van der Waals surface area contributed by atoms with Gasteiger partial charge in [-0.2, -0.15) is 12.7 Å². The van der Waals surface area contributed by atoms with Crippen LogP contribution in [0.1, 0.15) is 11.1 Å². The molecule has 1 aliphatic heterocycles. The van der Waals surface area contributed by atoms with E-state index in [9.17, 15) is 8.42 Å². The van der Waals surface area contributed by atoms with Crippen molar-refractivity contribution >= 4 is 15.9 Å². The van der Waals surface area contributed by atoms with Gasteiger partial charge in [0.15, 0.2) is 0 Å². The maximum Gasteiger partial charge on any atom is 0.301 e. The maximum atomic E-state index is 12.2. The molecule has 5 nitrogen and oxygen atoms in total. The first kappa shape index (κ1) is 13.3. The van der Waals surface area contributed by atoms with Crippen LogP contribution in [0, 0.1) is 13.8 Å². The monoisotopic (exact) mass is 269 g/mol. The van der Waals surface area contributed by atoms with Crippen LogP contribution < -0.4 is 10.0 Å². The lowest BCUT2D eigenvalue weighted by Crippen LogP contribution is -2.48. The molecule has 2 rings (SSSR count). The summed E-state index contributed by atoms with van der Waals surface area (Å²) in [7, 11) is -3.43. The van der Waals surface area contributed by atoms with Crippen molar-refractivity contribution < 1.29 is 8.42 Å². The van der Waals surface area contributed by atoms with Crippen molar-refractivity contribution in [2.75, 3.05) is 30.9 Å². The minimum absolute atomic E-state index is 0.514. The highest BCUT2D eigenvalue weighted by molar-refractivity contribution is 7.90. The molecule has 1 saturated heterocycles. The van der Waals surface area contributed by atoms with Crippen LogP contribution in [0.2, 0.25) is 0 Å². The lowest BCUT2D eigenvalue weighted by atomic mass is 10.1. The number of nitrogens with one attached hydrogen (secondary N) is 2. The molecule has 0 radical (unpaired) electrons. The van der Waals surface area contributed by atoms with Gasteiger partial charge in [-0.15, -0.1) is 0 Å². The smallest absolute Gasteiger partial charge is 0.301 e. The van der Waals surface area contributed by atoms with Crippen LogP contribution in [0.15, 0.2) is 18.2 Å². The van der Waals surface area contributed by atoms with Crippen LogP contribution in [0.25, 0.3) is 0 Å². The minimum atomic E-state index is -3.43. The summed E-state index contributed by atoms with van der Waals surface area (Å²) < 4.78 is 28.6. The lowest BCUT2D eigenvalue weighted by Gasteiger charge is -2.27. The Bertz CT molecular complexity index is 522. The molecule has 2 N–H and O–H groups in total. The molecular formula is C12H19N3O2S. The van der Waals surface area contributed by atoms with E-state index >= 15 is 0 Å². The molecular weight excluding hydrogens is 250 g/mol. The average Bonchev–Trinajstić information content (AvgIpc) is 2.36. The molecule has 0 saturated carbocycles. The highest BCUT2D eigenvalue weighted by Crippen LogP contribution is 2.20. The number of hydrogen-bond acceptors (Lipinski definition) is 3. The molecule has 0 aliphatic carbocycles. The van der Waals surface area contributed by atoms with Crippen LogP contribution >= 0.6 is 0 Å². The summed E-state index contributed by atoms with van der Waals surface area (Å²) in [6.07, 6.45) is 0. The summed E-state index contributed by atoms with van der Waals surface area (Å²) in [5, 5.41) is 3.14. The number of piperazine rings is 1. The van der Waals surface area contributed by atoms with E-state index in [-0.39, 0.29) is 0 Å². The summed E-state index contributed by atoms with van der Waals surface area (Å²) in [6, 6.07) is 5.62. The van der Waals surface area contributed by atoms with Crippen molar-refractivity contribution in [3.8, 4) is 0 Å². The molecule has 0 atom stereocenters. The molecule has 6 heteroatoms. The summed E-state index contributed by atoms with van der Waals surface area (Å²) in [4.78, 5) is 0. The molecule has 0 unspecified atom stereocenters. The number of rotatable bonds is 3. The molecule has 0 amide bonds. The van der Waals surface area contributed by atoms with Gasteiger partial charge in [0.1, 0.15) is 0 Å². The Labute approximate surface area is 108 Å². The fourth-order valence-corrected chi connectivity index (χ4v) is 3.24. The SMILES string of the molecule is Cc1cccc(NS(=O)(=O)N2CCNCC2)c1C.